The number of nitrogen functional groups attached to an aromatic ring is 1. The van der Waals surface area contributed by atoms with Gasteiger partial charge in [-0.3, -0.25) is 0 Å². The number of ether oxygens (including phenoxy) is 1. The van der Waals surface area contributed by atoms with Gasteiger partial charge in [0.15, 0.2) is 0 Å². The van der Waals surface area contributed by atoms with Crippen molar-refractivity contribution < 1.29 is 47.3 Å². The fourth-order valence-corrected chi connectivity index (χ4v) is 3.87. The molecule has 0 saturated heterocycles. The number of rotatable bonds is 6. The number of nitrogens with two attached hydrogens (primary N) is 1. The van der Waals surface area contributed by atoms with Gasteiger partial charge in [0.2, 0.25) is 0 Å². The molecule has 0 unspecified atom stereocenters. The topological polar surface area (TPSA) is 129 Å². The summed E-state index contributed by atoms with van der Waals surface area (Å²) >= 11 is 0. The Kier molecular flexibility index (Phi) is 7.72. The van der Waals surface area contributed by atoms with Gasteiger partial charge in [0.25, 0.3) is 0 Å². The van der Waals surface area contributed by atoms with Gasteiger partial charge in [-0.15, -0.1) is 5.11 Å². The number of nitrogens with one attached hydrogen (secondary N) is 1. The maximum absolute atomic E-state index is 11.9. The SMILES string of the molecule is COc1ccc(Nc2ccc(N=Nc3ccc(N)c4ccccc34)cc2S(=O)(=O)[O-])cc1.[Na+]. The van der Waals surface area contributed by atoms with Gasteiger partial charge in [0.1, 0.15) is 15.9 Å². The van der Waals surface area contributed by atoms with Gasteiger partial charge in [0, 0.05) is 22.1 Å². The molecule has 0 radical (unpaired) electrons. The quantitative estimate of drug-likeness (QED) is 0.193. The van der Waals surface area contributed by atoms with Crippen molar-refractivity contribution in [2.45, 2.75) is 4.90 Å². The molecule has 0 aliphatic carbocycles. The Balaban J connectivity index is 0.00000306. The smallest absolute Gasteiger partial charge is 0.744 e. The first-order chi connectivity index (χ1) is 15.3. The van der Waals surface area contributed by atoms with Crippen LogP contribution in [0.15, 0.2) is 94.0 Å². The minimum atomic E-state index is -4.77. The minimum Gasteiger partial charge on any atom is -0.744 e. The van der Waals surface area contributed by atoms with Crippen molar-refractivity contribution in [1.82, 2.24) is 0 Å². The predicted molar refractivity (Wildman–Crippen MR) is 123 cm³/mol. The second-order valence-electron chi connectivity index (χ2n) is 6.91. The van der Waals surface area contributed by atoms with E-state index in [0.29, 0.717) is 22.8 Å². The van der Waals surface area contributed by atoms with Gasteiger partial charge in [0.05, 0.1) is 29.1 Å². The van der Waals surface area contributed by atoms with E-state index < -0.39 is 15.0 Å². The van der Waals surface area contributed by atoms with E-state index in [0.717, 1.165) is 10.8 Å². The van der Waals surface area contributed by atoms with Gasteiger partial charge in [-0.25, -0.2) is 8.42 Å². The van der Waals surface area contributed by atoms with E-state index in [9.17, 15) is 13.0 Å². The van der Waals surface area contributed by atoms with E-state index in [1.165, 1.54) is 12.1 Å². The van der Waals surface area contributed by atoms with Crippen LogP contribution < -0.4 is 45.3 Å². The first-order valence-electron chi connectivity index (χ1n) is 9.55. The average Bonchev–Trinajstić information content (AvgIpc) is 2.79. The maximum Gasteiger partial charge on any atom is 1.00 e. The third kappa shape index (κ3) is 5.70. The summed E-state index contributed by atoms with van der Waals surface area (Å²) in [5.41, 5.74) is 8.16. The van der Waals surface area contributed by atoms with E-state index >= 15 is 0 Å². The molecule has 33 heavy (non-hydrogen) atoms. The van der Waals surface area contributed by atoms with Crippen molar-refractivity contribution in [2.75, 3.05) is 18.2 Å². The second-order valence-corrected chi connectivity index (χ2v) is 8.26. The molecule has 0 saturated carbocycles. The molecule has 0 aliphatic heterocycles. The molecule has 0 bridgehead atoms. The van der Waals surface area contributed by atoms with Gasteiger partial charge in [-0.05, 0) is 54.6 Å². The predicted octanol–water partition coefficient (Wildman–Crippen LogP) is 2.50. The number of azo groups is 1. The van der Waals surface area contributed by atoms with Gasteiger partial charge < -0.3 is 20.3 Å². The molecule has 0 atom stereocenters. The summed E-state index contributed by atoms with van der Waals surface area (Å²) in [4.78, 5) is -0.424. The van der Waals surface area contributed by atoms with Crippen LogP contribution in [-0.4, -0.2) is 20.1 Å². The van der Waals surface area contributed by atoms with Crippen LogP contribution in [0.5, 0.6) is 5.75 Å². The molecular formula is C23H19N4NaO4S. The van der Waals surface area contributed by atoms with Crippen LogP contribution in [0.1, 0.15) is 0 Å². The fraction of sp³-hybridized carbons (Fsp3) is 0.0435. The van der Waals surface area contributed by atoms with Gasteiger partial charge >= 0.3 is 29.6 Å². The normalized spacial score (nSPS) is 11.3. The Bertz CT molecular complexity index is 1420. The van der Waals surface area contributed by atoms with E-state index in [2.05, 4.69) is 15.5 Å². The molecule has 0 amide bonds. The molecule has 4 rings (SSSR count). The largest absolute Gasteiger partial charge is 1.00 e. The number of hydrogen-bond acceptors (Lipinski definition) is 8. The van der Waals surface area contributed by atoms with E-state index in [4.69, 9.17) is 10.5 Å². The summed E-state index contributed by atoms with van der Waals surface area (Å²) in [6.45, 7) is 0. The molecule has 8 nitrogen and oxygen atoms in total. The van der Waals surface area contributed by atoms with Crippen LogP contribution in [-0.2, 0) is 10.1 Å². The Hall–Kier alpha value is -2.95. The summed E-state index contributed by atoms with van der Waals surface area (Å²) in [5, 5.41) is 13.0. The molecule has 10 heteroatoms. The standard InChI is InChI=1S/C23H20N4O4S.Na/c1-31-17-9-6-15(7-10-17)25-22-12-8-16(14-23(22)32(28,29)30)26-27-21-13-11-20(24)18-4-2-3-5-19(18)21;/h2-14,25H,24H2,1H3,(H,28,29,30);/q;+1/p-1. The van der Waals surface area contributed by atoms with Crippen molar-refractivity contribution in [1.29, 1.82) is 0 Å². The first kappa shape index (κ1) is 24.7. The van der Waals surface area contributed by atoms with Crippen molar-refractivity contribution in [3.8, 4) is 5.75 Å². The summed E-state index contributed by atoms with van der Waals surface area (Å²) in [5.74, 6) is 0.651. The Morgan fingerprint density at radius 2 is 1.61 bits per heavy atom. The summed E-state index contributed by atoms with van der Waals surface area (Å²) in [6.07, 6.45) is 0. The zero-order valence-corrected chi connectivity index (χ0v) is 20.8. The molecule has 0 fully saturated rings. The zero-order valence-electron chi connectivity index (χ0n) is 18.0. The summed E-state index contributed by atoms with van der Waals surface area (Å²) in [6, 6.07) is 22.0. The van der Waals surface area contributed by atoms with Crippen LogP contribution >= 0.6 is 0 Å². The number of methoxy groups -OCH3 is 1. The number of benzene rings is 4. The maximum atomic E-state index is 11.9. The number of nitrogens with zero attached hydrogens (tertiary/aromatic N) is 2. The summed E-state index contributed by atoms with van der Waals surface area (Å²) < 4.78 is 40.8. The van der Waals surface area contributed by atoms with Crippen LogP contribution in [0.2, 0.25) is 0 Å². The Morgan fingerprint density at radius 3 is 2.27 bits per heavy atom. The van der Waals surface area contributed by atoms with Crippen LogP contribution in [0.4, 0.5) is 28.4 Å². The average molecular weight is 470 g/mol. The third-order valence-corrected chi connectivity index (χ3v) is 5.69. The molecule has 0 aliphatic rings. The molecule has 162 valence electrons. The fourth-order valence-electron chi connectivity index (χ4n) is 3.22. The second kappa shape index (κ2) is 10.3. The third-order valence-electron chi connectivity index (χ3n) is 4.81. The number of hydrogen-bond donors (Lipinski definition) is 2. The van der Waals surface area contributed by atoms with Gasteiger partial charge in [-0.1, -0.05) is 24.3 Å². The van der Waals surface area contributed by atoms with Crippen LogP contribution in [0, 0.1) is 0 Å². The van der Waals surface area contributed by atoms with Crippen LogP contribution in [0.3, 0.4) is 0 Å². The molecule has 0 spiro atoms. The van der Waals surface area contributed by atoms with E-state index in [1.807, 2.05) is 24.3 Å². The first-order valence-corrected chi connectivity index (χ1v) is 11.0. The molecular weight excluding hydrogens is 451 g/mol. The van der Waals surface area contributed by atoms with Crippen molar-refractivity contribution in [3.63, 3.8) is 0 Å². The monoisotopic (exact) mass is 470 g/mol. The molecule has 0 aromatic heterocycles. The van der Waals surface area contributed by atoms with Crippen LogP contribution in [0.25, 0.3) is 10.8 Å². The van der Waals surface area contributed by atoms with E-state index in [1.54, 1.807) is 49.6 Å². The number of anilines is 3. The van der Waals surface area contributed by atoms with E-state index in [-0.39, 0.29) is 40.9 Å². The van der Waals surface area contributed by atoms with Gasteiger partial charge in [-0.2, -0.15) is 5.11 Å². The Labute approximate surface area is 213 Å². The van der Waals surface area contributed by atoms with Crippen molar-refractivity contribution in [3.05, 3.63) is 78.9 Å². The molecule has 4 aromatic rings. The van der Waals surface area contributed by atoms with Crippen molar-refractivity contribution in [2.24, 2.45) is 10.2 Å². The minimum absolute atomic E-state index is 0. The zero-order chi connectivity index (χ0) is 22.7. The Morgan fingerprint density at radius 1 is 0.909 bits per heavy atom. The molecule has 3 N–H and O–H groups in total. The number of fused-ring (bicyclic) bond motifs is 1. The van der Waals surface area contributed by atoms with Crippen molar-refractivity contribution >= 4 is 49.3 Å². The molecule has 4 aromatic carbocycles. The molecule has 0 heterocycles. The summed E-state index contributed by atoms with van der Waals surface area (Å²) in [7, 11) is -3.22.